The van der Waals surface area contributed by atoms with Crippen molar-refractivity contribution in [3.8, 4) is 0 Å². The maximum atomic E-state index is 3.82. The second kappa shape index (κ2) is 8.97. The third-order valence-corrected chi connectivity index (χ3v) is 4.84. The Morgan fingerprint density at radius 1 is 1.11 bits per heavy atom. The molecule has 1 aliphatic rings. The van der Waals surface area contributed by atoms with Crippen LogP contribution >= 0.6 is 0 Å². The predicted molar refractivity (Wildman–Crippen MR) is 85.7 cm³/mol. The zero-order chi connectivity index (χ0) is 14.3. The molecular weight excluding hydrogens is 232 g/mol. The zero-order valence-corrected chi connectivity index (χ0v) is 13.9. The number of nitrogens with one attached hydrogen (secondary N) is 1. The summed E-state index contributed by atoms with van der Waals surface area (Å²) in [6, 6.07) is 3.01. The van der Waals surface area contributed by atoms with Crippen LogP contribution in [0, 0.1) is 0 Å². The molecule has 0 spiro atoms. The molecule has 0 aromatic heterocycles. The minimum Gasteiger partial charge on any atom is -0.312 e. The number of hydrogen-bond acceptors (Lipinski definition) is 2. The number of nitrogens with zero attached hydrogens (tertiary/aromatic N) is 1. The summed E-state index contributed by atoms with van der Waals surface area (Å²) in [5.41, 5.74) is 0. The van der Waals surface area contributed by atoms with Crippen LogP contribution in [0.1, 0.15) is 79.6 Å². The summed E-state index contributed by atoms with van der Waals surface area (Å²) in [5, 5.41) is 3.82. The first-order valence-electron chi connectivity index (χ1n) is 8.70. The van der Waals surface area contributed by atoms with Crippen LogP contribution in [0.4, 0.5) is 0 Å². The Bertz CT molecular complexity index is 229. The number of rotatable bonds is 9. The van der Waals surface area contributed by atoms with Gasteiger partial charge < -0.3 is 5.32 Å². The molecule has 1 fully saturated rings. The highest BCUT2D eigenvalue weighted by Crippen LogP contribution is 2.31. The van der Waals surface area contributed by atoms with Crippen molar-refractivity contribution in [1.82, 2.24) is 10.2 Å². The van der Waals surface area contributed by atoms with Gasteiger partial charge in [-0.15, -0.1) is 0 Å². The van der Waals surface area contributed by atoms with Crippen LogP contribution in [0.5, 0.6) is 0 Å². The molecule has 1 heterocycles. The predicted octanol–water partition coefficient (Wildman–Crippen LogP) is 4.20. The average Bonchev–Trinajstić information content (AvgIpc) is 2.78. The summed E-state index contributed by atoms with van der Waals surface area (Å²) in [6.07, 6.45) is 9.23. The number of likely N-dealkylation sites (tertiary alicyclic amines) is 1. The molecule has 0 radical (unpaired) electrons. The molecule has 114 valence electrons. The van der Waals surface area contributed by atoms with E-state index >= 15 is 0 Å². The Kier molecular flexibility index (Phi) is 8.01. The van der Waals surface area contributed by atoms with E-state index in [0.29, 0.717) is 6.04 Å². The Hall–Kier alpha value is -0.0800. The molecule has 1 aliphatic heterocycles. The summed E-state index contributed by atoms with van der Waals surface area (Å²) in [5.74, 6) is 0. The van der Waals surface area contributed by atoms with Crippen molar-refractivity contribution in [1.29, 1.82) is 0 Å². The van der Waals surface area contributed by atoms with Crippen LogP contribution < -0.4 is 5.32 Å². The molecule has 1 saturated heterocycles. The lowest BCUT2D eigenvalue weighted by atomic mass is 9.97. The summed E-state index contributed by atoms with van der Waals surface area (Å²) in [7, 11) is 0. The normalized spacial score (nSPS) is 27.6. The SMILES string of the molecule is CCCNC(CCC)C(CC)N1C(C)CCC1CC. The van der Waals surface area contributed by atoms with Crippen LogP contribution in [0.3, 0.4) is 0 Å². The monoisotopic (exact) mass is 268 g/mol. The third-order valence-electron chi connectivity index (χ3n) is 4.84. The van der Waals surface area contributed by atoms with E-state index in [4.69, 9.17) is 0 Å². The maximum absolute atomic E-state index is 3.82. The molecule has 1 N–H and O–H groups in total. The number of hydrogen-bond donors (Lipinski definition) is 1. The Balaban J connectivity index is 2.75. The molecule has 2 heteroatoms. The van der Waals surface area contributed by atoms with E-state index in [2.05, 4.69) is 44.8 Å². The lowest BCUT2D eigenvalue weighted by Gasteiger charge is -2.40. The molecule has 0 aliphatic carbocycles. The molecule has 4 unspecified atom stereocenters. The first-order chi connectivity index (χ1) is 9.19. The molecule has 4 atom stereocenters. The highest BCUT2D eigenvalue weighted by atomic mass is 15.3. The highest BCUT2D eigenvalue weighted by molar-refractivity contribution is 4.93. The zero-order valence-electron chi connectivity index (χ0n) is 13.9. The second-order valence-corrected chi connectivity index (χ2v) is 6.26. The summed E-state index contributed by atoms with van der Waals surface area (Å²) >= 11 is 0. The van der Waals surface area contributed by atoms with Gasteiger partial charge in [-0.25, -0.2) is 0 Å². The van der Waals surface area contributed by atoms with Crippen LogP contribution in [-0.4, -0.2) is 35.6 Å². The Morgan fingerprint density at radius 2 is 1.84 bits per heavy atom. The minimum absolute atomic E-state index is 0.685. The van der Waals surface area contributed by atoms with Crippen LogP contribution in [0.2, 0.25) is 0 Å². The first-order valence-corrected chi connectivity index (χ1v) is 8.70. The van der Waals surface area contributed by atoms with E-state index in [1.54, 1.807) is 0 Å². The standard InChI is InChI=1S/C17H36N2/c1-6-10-16(18-13-7-2)17(9-4)19-14(5)11-12-15(19)8-3/h14-18H,6-13H2,1-5H3. The van der Waals surface area contributed by atoms with Crippen LogP contribution in [0.15, 0.2) is 0 Å². The Morgan fingerprint density at radius 3 is 2.37 bits per heavy atom. The van der Waals surface area contributed by atoms with Gasteiger partial charge in [-0.05, 0) is 52.0 Å². The van der Waals surface area contributed by atoms with Gasteiger partial charge in [0.15, 0.2) is 0 Å². The van der Waals surface area contributed by atoms with Crippen molar-refractivity contribution >= 4 is 0 Å². The van der Waals surface area contributed by atoms with E-state index in [1.807, 2.05) is 0 Å². The average molecular weight is 268 g/mol. The fourth-order valence-electron chi connectivity index (χ4n) is 3.88. The van der Waals surface area contributed by atoms with Crippen LogP contribution in [0.25, 0.3) is 0 Å². The lowest BCUT2D eigenvalue weighted by molar-refractivity contribution is 0.0958. The van der Waals surface area contributed by atoms with Gasteiger partial charge in [0.05, 0.1) is 0 Å². The van der Waals surface area contributed by atoms with Crippen LogP contribution in [-0.2, 0) is 0 Å². The fraction of sp³-hybridized carbons (Fsp3) is 1.00. The summed E-state index contributed by atoms with van der Waals surface area (Å²) in [4.78, 5) is 2.85. The summed E-state index contributed by atoms with van der Waals surface area (Å²) < 4.78 is 0. The smallest absolute Gasteiger partial charge is 0.0252 e. The van der Waals surface area contributed by atoms with E-state index in [1.165, 1.54) is 51.5 Å². The van der Waals surface area contributed by atoms with Gasteiger partial charge in [-0.3, -0.25) is 4.90 Å². The first kappa shape index (κ1) is 17.0. The minimum atomic E-state index is 0.685. The highest BCUT2D eigenvalue weighted by Gasteiger charge is 2.36. The largest absolute Gasteiger partial charge is 0.312 e. The third kappa shape index (κ3) is 4.46. The molecular formula is C17H36N2. The van der Waals surface area contributed by atoms with Gasteiger partial charge >= 0.3 is 0 Å². The fourth-order valence-corrected chi connectivity index (χ4v) is 3.88. The van der Waals surface area contributed by atoms with E-state index in [0.717, 1.165) is 18.1 Å². The van der Waals surface area contributed by atoms with Gasteiger partial charge in [0.1, 0.15) is 0 Å². The summed E-state index contributed by atoms with van der Waals surface area (Å²) in [6.45, 7) is 12.9. The van der Waals surface area contributed by atoms with Gasteiger partial charge in [-0.2, -0.15) is 0 Å². The van der Waals surface area contributed by atoms with Crippen molar-refractivity contribution in [2.45, 2.75) is 104 Å². The molecule has 19 heavy (non-hydrogen) atoms. The molecule has 0 aromatic carbocycles. The quantitative estimate of drug-likeness (QED) is 0.674. The van der Waals surface area contributed by atoms with Gasteiger partial charge in [0, 0.05) is 24.2 Å². The van der Waals surface area contributed by atoms with Crippen molar-refractivity contribution < 1.29 is 0 Å². The van der Waals surface area contributed by atoms with E-state index < -0.39 is 0 Å². The van der Waals surface area contributed by atoms with Crippen molar-refractivity contribution in [3.63, 3.8) is 0 Å². The second-order valence-electron chi connectivity index (χ2n) is 6.26. The van der Waals surface area contributed by atoms with Crippen molar-refractivity contribution in [3.05, 3.63) is 0 Å². The molecule has 2 nitrogen and oxygen atoms in total. The van der Waals surface area contributed by atoms with Gasteiger partial charge in [0.25, 0.3) is 0 Å². The van der Waals surface area contributed by atoms with Gasteiger partial charge in [-0.1, -0.05) is 34.1 Å². The van der Waals surface area contributed by atoms with Gasteiger partial charge in [0.2, 0.25) is 0 Å². The molecule has 1 rings (SSSR count). The van der Waals surface area contributed by atoms with E-state index in [9.17, 15) is 0 Å². The lowest BCUT2D eigenvalue weighted by Crippen LogP contribution is -2.53. The molecule has 0 saturated carbocycles. The van der Waals surface area contributed by atoms with Crippen molar-refractivity contribution in [2.75, 3.05) is 6.54 Å². The molecule has 0 aromatic rings. The van der Waals surface area contributed by atoms with Crippen molar-refractivity contribution in [2.24, 2.45) is 0 Å². The Labute approximate surface area is 121 Å². The molecule has 0 amide bonds. The molecule has 0 bridgehead atoms. The van der Waals surface area contributed by atoms with E-state index in [-0.39, 0.29) is 0 Å². The topological polar surface area (TPSA) is 15.3 Å². The maximum Gasteiger partial charge on any atom is 0.0252 e.